The number of hydrogen-bond donors (Lipinski definition) is 2. The first-order valence-corrected chi connectivity index (χ1v) is 7.20. The van der Waals surface area contributed by atoms with Gasteiger partial charge in [-0.25, -0.2) is 0 Å². The molecule has 0 fully saturated rings. The van der Waals surface area contributed by atoms with Crippen LogP contribution < -0.4 is 10.6 Å². The summed E-state index contributed by atoms with van der Waals surface area (Å²) in [4.78, 5) is 23.1. The van der Waals surface area contributed by atoms with Crippen molar-refractivity contribution in [3.63, 3.8) is 0 Å². The number of fused-ring (bicyclic) bond motifs is 1. The number of carbonyl (C=O) groups excluding carboxylic acids is 2. The number of benzene rings is 2. The van der Waals surface area contributed by atoms with Gasteiger partial charge in [0.25, 0.3) is 0 Å². The fourth-order valence-electron chi connectivity index (χ4n) is 1.93. The number of hydrogen-bond acceptors (Lipinski definition) is 2. The Morgan fingerprint density at radius 1 is 1.14 bits per heavy atom. The molecule has 4 nitrogen and oxygen atoms in total. The standard InChI is InChI=1S/C16H17ClN2O2/c1-11(17)16(21)18-9-8-15(20)19-14-7-6-12-4-2-3-5-13(12)10-14/h2-7,10-11H,8-9H2,1H3,(H,18,21)(H,19,20)/t11-/m1/s1. The number of nitrogens with one attached hydrogen (secondary N) is 2. The van der Waals surface area contributed by atoms with Crippen LogP contribution in [-0.2, 0) is 9.59 Å². The van der Waals surface area contributed by atoms with Crippen LogP contribution in [0.25, 0.3) is 10.8 Å². The summed E-state index contributed by atoms with van der Waals surface area (Å²) >= 11 is 5.62. The van der Waals surface area contributed by atoms with E-state index in [-0.39, 0.29) is 24.8 Å². The Hall–Kier alpha value is -2.07. The number of anilines is 1. The van der Waals surface area contributed by atoms with Gasteiger partial charge in [-0.05, 0) is 29.8 Å². The van der Waals surface area contributed by atoms with E-state index in [0.717, 1.165) is 16.5 Å². The van der Waals surface area contributed by atoms with Crippen molar-refractivity contribution in [3.8, 4) is 0 Å². The Morgan fingerprint density at radius 3 is 2.57 bits per heavy atom. The molecular weight excluding hydrogens is 288 g/mol. The maximum atomic E-state index is 11.8. The Labute approximate surface area is 128 Å². The number of alkyl halides is 1. The zero-order valence-electron chi connectivity index (χ0n) is 11.7. The molecule has 0 unspecified atom stereocenters. The molecule has 110 valence electrons. The summed E-state index contributed by atoms with van der Waals surface area (Å²) in [6.45, 7) is 1.86. The molecule has 2 rings (SSSR count). The van der Waals surface area contributed by atoms with Crippen LogP contribution in [-0.4, -0.2) is 23.7 Å². The zero-order chi connectivity index (χ0) is 15.2. The molecule has 5 heteroatoms. The summed E-state index contributed by atoms with van der Waals surface area (Å²) in [7, 11) is 0. The lowest BCUT2D eigenvalue weighted by Crippen LogP contribution is -2.32. The van der Waals surface area contributed by atoms with E-state index < -0.39 is 5.38 Å². The minimum Gasteiger partial charge on any atom is -0.354 e. The fourth-order valence-corrected chi connectivity index (χ4v) is 2.01. The van der Waals surface area contributed by atoms with Gasteiger partial charge in [-0.3, -0.25) is 9.59 Å². The van der Waals surface area contributed by atoms with Crippen molar-refractivity contribution in [1.29, 1.82) is 0 Å². The molecule has 0 saturated carbocycles. The van der Waals surface area contributed by atoms with Gasteiger partial charge in [-0.2, -0.15) is 0 Å². The zero-order valence-corrected chi connectivity index (χ0v) is 12.5. The van der Waals surface area contributed by atoms with E-state index in [1.807, 2.05) is 42.5 Å². The van der Waals surface area contributed by atoms with E-state index in [9.17, 15) is 9.59 Å². The molecule has 21 heavy (non-hydrogen) atoms. The lowest BCUT2D eigenvalue weighted by molar-refractivity contribution is -0.120. The number of carbonyl (C=O) groups is 2. The van der Waals surface area contributed by atoms with Crippen molar-refractivity contribution in [1.82, 2.24) is 5.32 Å². The summed E-state index contributed by atoms with van der Waals surface area (Å²) in [6.07, 6.45) is 0.210. The number of rotatable bonds is 5. The van der Waals surface area contributed by atoms with E-state index in [4.69, 9.17) is 11.6 Å². The Bertz CT molecular complexity index is 656. The highest BCUT2D eigenvalue weighted by molar-refractivity contribution is 6.30. The normalized spacial score (nSPS) is 11.9. The highest BCUT2D eigenvalue weighted by atomic mass is 35.5. The molecule has 0 bridgehead atoms. The van der Waals surface area contributed by atoms with Gasteiger partial charge >= 0.3 is 0 Å². The third-order valence-corrected chi connectivity index (χ3v) is 3.24. The van der Waals surface area contributed by atoms with E-state index in [1.165, 1.54) is 0 Å². The summed E-state index contributed by atoms with van der Waals surface area (Å²) in [6, 6.07) is 13.7. The molecule has 0 aliphatic heterocycles. The average molecular weight is 305 g/mol. The second-order valence-electron chi connectivity index (χ2n) is 4.77. The van der Waals surface area contributed by atoms with Crippen molar-refractivity contribution in [2.45, 2.75) is 18.7 Å². The smallest absolute Gasteiger partial charge is 0.237 e. The van der Waals surface area contributed by atoms with Gasteiger partial charge in [0.15, 0.2) is 0 Å². The maximum Gasteiger partial charge on any atom is 0.237 e. The van der Waals surface area contributed by atoms with Gasteiger partial charge in [0.05, 0.1) is 0 Å². The van der Waals surface area contributed by atoms with Gasteiger partial charge in [-0.15, -0.1) is 11.6 Å². The minimum absolute atomic E-state index is 0.146. The molecular formula is C16H17ClN2O2. The van der Waals surface area contributed by atoms with Crippen LogP contribution in [0.1, 0.15) is 13.3 Å². The molecule has 0 saturated heterocycles. The largest absolute Gasteiger partial charge is 0.354 e. The molecule has 2 aromatic rings. The van der Waals surface area contributed by atoms with Crippen LogP contribution in [0, 0.1) is 0 Å². The summed E-state index contributed by atoms with van der Waals surface area (Å²) in [5.74, 6) is -0.414. The Balaban J connectivity index is 1.88. The summed E-state index contributed by atoms with van der Waals surface area (Å²) in [5.41, 5.74) is 0.746. The quantitative estimate of drug-likeness (QED) is 0.835. The summed E-state index contributed by atoms with van der Waals surface area (Å²) in [5, 5.41) is 7.01. The number of halogens is 1. The van der Waals surface area contributed by atoms with Gasteiger partial charge in [-0.1, -0.05) is 30.3 Å². The SMILES string of the molecule is C[C@@H](Cl)C(=O)NCCC(=O)Nc1ccc2ccccc2c1. The van der Waals surface area contributed by atoms with E-state index in [0.29, 0.717) is 0 Å². The van der Waals surface area contributed by atoms with Crippen molar-refractivity contribution in [2.75, 3.05) is 11.9 Å². The van der Waals surface area contributed by atoms with Crippen molar-refractivity contribution >= 4 is 39.9 Å². The van der Waals surface area contributed by atoms with E-state index in [2.05, 4.69) is 10.6 Å². The molecule has 2 amide bonds. The van der Waals surface area contributed by atoms with Gasteiger partial charge < -0.3 is 10.6 Å². The molecule has 1 atom stereocenters. The molecule has 0 aromatic heterocycles. The van der Waals surface area contributed by atoms with Crippen LogP contribution >= 0.6 is 11.6 Å². The van der Waals surface area contributed by atoms with Gasteiger partial charge in [0.1, 0.15) is 5.38 Å². The second kappa shape index (κ2) is 7.09. The van der Waals surface area contributed by atoms with Crippen LogP contribution in [0.2, 0.25) is 0 Å². The van der Waals surface area contributed by atoms with Gasteiger partial charge in [0.2, 0.25) is 11.8 Å². The van der Waals surface area contributed by atoms with E-state index in [1.54, 1.807) is 6.92 Å². The van der Waals surface area contributed by atoms with Crippen LogP contribution in [0.3, 0.4) is 0 Å². The molecule has 0 radical (unpaired) electrons. The second-order valence-corrected chi connectivity index (χ2v) is 5.42. The highest BCUT2D eigenvalue weighted by Gasteiger charge is 2.09. The third-order valence-electron chi connectivity index (χ3n) is 3.05. The van der Waals surface area contributed by atoms with Crippen LogP contribution in [0.4, 0.5) is 5.69 Å². The van der Waals surface area contributed by atoms with E-state index >= 15 is 0 Å². The minimum atomic E-state index is -0.589. The Morgan fingerprint density at radius 2 is 1.86 bits per heavy atom. The predicted molar refractivity (Wildman–Crippen MR) is 85.5 cm³/mol. The monoisotopic (exact) mass is 304 g/mol. The summed E-state index contributed by atoms with van der Waals surface area (Å²) < 4.78 is 0. The predicted octanol–water partition coefficient (Wildman–Crippen LogP) is 2.91. The topological polar surface area (TPSA) is 58.2 Å². The molecule has 2 aromatic carbocycles. The van der Waals surface area contributed by atoms with Crippen molar-refractivity contribution in [3.05, 3.63) is 42.5 Å². The molecule has 0 heterocycles. The van der Waals surface area contributed by atoms with Crippen molar-refractivity contribution < 1.29 is 9.59 Å². The molecule has 0 aliphatic rings. The van der Waals surface area contributed by atoms with Gasteiger partial charge in [0, 0.05) is 18.7 Å². The highest BCUT2D eigenvalue weighted by Crippen LogP contribution is 2.18. The first-order chi connectivity index (χ1) is 10.1. The molecule has 0 aliphatic carbocycles. The Kier molecular flexibility index (Phi) is 5.17. The maximum absolute atomic E-state index is 11.8. The van der Waals surface area contributed by atoms with Crippen molar-refractivity contribution in [2.24, 2.45) is 0 Å². The van der Waals surface area contributed by atoms with Crippen LogP contribution in [0.5, 0.6) is 0 Å². The van der Waals surface area contributed by atoms with Crippen LogP contribution in [0.15, 0.2) is 42.5 Å². The lowest BCUT2D eigenvalue weighted by atomic mass is 10.1. The fraction of sp³-hybridized carbons (Fsp3) is 0.250. The molecule has 2 N–H and O–H groups in total. The number of amides is 2. The third kappa shape index (κ3) is 4.46. The molecule has 0 spiro atoms. The first kappa shape index (κ1) is 15.3. The lowest BCUT2D eigenvalue weighted by Gasteiger charge is -2.08. The average Bonchev–Trinajstić information content (AvgIpc) is 2.46. The first-order valence-electron chi connectivity index (χ1n) is 6.76.